The minimum Gasteiger partial charge on any atom is -0.385 e. The van der Waals surface area contributed by atoms with Gasteiger partial charge in [-0.05, 0) is 24.6 Å². The number of nitrogens with one attached hydrogen (secondary N) is 1. The van der Waals surface area contributed by atoms with Crippen molar-refractivity contribution < 1.29 is 0 Å². The van der Waals surface area contributed by atoms with E-state index in [9.17, 15) is 0 Å². The van der Waals surface area contributed by atoms with Crippen LogP contribution in [0.3, 0.4) is 0 Å². The fourth-order valence-corrected chi connectivity index (χ4v) is 1.10. The molecule has 0 fully saturated rings. The van der Waals surface area contributed by atoms with Gasteiger partial charge in [0.1, 0.15) is 0 Å². The number of hydrogen-bond acceptors (Lipinski definition) is 1. The Hall–Kier alpha value is -1.50. The molecule has 13 heavy (non-hydrogen) atoms. The standard InChI is InChI=1S/C12H15N/c1-3-5-6-11-7-9-12(10-8-11)13-4-2/h3,5-10,13H,1,4H2,2H3. The lowest BCUT2D eigenvalue weighted by Crippen LogP contribution is -1.95. The van der Waals surface area contributed by atoms with Crippen LogP contribution in [0.15, 0.2) is 43.0 Å². The van der Waals surface area contributed by atoms with Crippen molar-refractivity contribution in [2.45, 2.75) is 6.92 Å². The van der Waals surface area contributed by atoms with Crippen LogP contribution < -0.4 is 5.32 Å². The highest BCUT2D eigenvalue weighted by atomic mass is 14.8. The number of hydrogen-bond donors (Lipinski definition) is 1. The Morgan fingerprint density at radius 1 is 1.31 bits per heavy atom. The van der Waals surface area contributed by atoms with Gasteiger partial charge in [-0.15, -0.1) is 0 Å². The van der Waals surface area contributed by atoms with Crippen molar-refractivity contribution in [3.63, 3.8) is 0 Å². The van der Waals surface area contributed by atoms with Crippen LogP contribution in [0.2, 0.25) is 0 Å². The molecule has 1 aromatic carbocycles. The number of allylic oxidation sites excluding steroid dienone is 2. The van der Waals surface area contributed by atoms with Gasteiger partial charge >= 0.3 is 0 Å². The van der Waals surface area contributed by atoms with Gasteiger partial charge in [0.15, 0.2) is 0 Å². The maximum atomic E-state index is 3.62. The smallest absolute Gasteiger partial charge is 0.0340 e. The highest BCUT2D eigenvalue weighted by molar-refractivity contribution is 5.55. The van der Waals surface area contributed by atoms with Crippen LogP contribution in [0, 0.1) is 0 Å². The summed E-state index contributed by atoms with van der Waals surface area (Å²) in [5.41, 5.74) is 2.36. The molecule has 1 aromatic rings. The van der Waals surface area contributed by atoms with Gasteiger partial charge < -0.3 is 5.32 Å². The average Bonchev–Trinajstić information content (AvgIpc) is 2.17. The second-order valence-corrected chi connectivity index (χ2v) is 2.75. The summed E-state index contributed by atoms with van der Waals surface area (Å²) in [4.78, 5) is 0. The summed E-state index contributed by atoms with van der Waals surface area (Å²) in [6.45, 7) is 6.67. The van der Waals surface area contributed by atoms with Gasteiger partial charge in [-0.1, -0.05) is 36.9 Å². The van der Waals surface area contributed by atoms with E-state index in [2.05, 4.69) is 43.1 Å². The molecule has 0 saturated heterocycles. The Morgan fingerprint density at radius 2 is 2.00 bits per heavy atom. The normalized spacial score (nSPS) is 10.2. The molecule has 0 bridgehead atoms. The third kappa shape index (κ3) is 3.16. The van der Waals surface area contributed by atoms with E-state index >= 15 is 0 Å². The quantitative estimate of drug-likeness (QED) is 0.689. The van der Waals surface area contributed by atoms with Crippen LogP contribution in [0.4, 0.5) is 5.69 Å². The molecule has 0 radical (unpaired) electrons. The van der Waals surface area contributed by atoms with Gasteiger partial charge in [-0.3, -0.25) is 0 Å². The second-order valence-electron chi connectivity index (χ2n) is 2.75. The fraction of sp³-hybridized carbons (Fsp3) is 0.167. The van der Waals surface area contributed by atoms with Gasteiger partial charge in [0.05, 0.1) is 0 Å². The second kappa shape index (κ2) is 5.20. The zero-order valence-electron chi connectivity index (χ0n) is 7.96. The molecule has 68 valence electrons. The largest absolute Gasteiger partial charge is 0.385 e. The van der Waals surface area contributed by atoms with Crippen LogP contribution in [0.5, 0.6) is 0 Å². The maximum absolute atomic E-state index is 3.62. The minimum absolute atomic E-state index is 0.960. The highest BCUT2D eigenvalue weighted by Gasteiger charge is 1.88. The van der Waals surface area contributed by atoms with Crippen LogP contribution in [-0.2, 0) is 0 Å². The lowest BCUT2D eigenvalue weighted by molar-refractivity contribution is 1.21. The van der Waals surface area contributed by atoms with E-state index < -0.39 is 0 Å². The molecular formula is C12H15N. The topological polar surface area (TPSA) is 12.0 Å². The van der Waals surface area contributed by atoms with E-state index in [1.165, 1.54) is 11.3 Å². The summed E-state index contributed by atoms with van der Waals surface area (Å²) in [7, 11) is 0. The Kier molecular flexibility index (Phi) is 3.83. The van der Waals surface area contributed by atoms with E-state index in [4.69, 9.17) is 0 Å². The molecule has 0 heterocycles. The molecule has 0 aliphatic rings. The van der Waals surface area contributed by atoms with Crippen molar-refractivity contribution in [1.82, 2.24) is 0 Å². The summed E-state index contributed by atoms with van der Waals surface area (Å²) in [5.74, 6) is 0. The molecular weight excluding hydrogens is 158 g/mol. The fourth-order valence-electron chi connectivity index (χ4n) is 1.10. The van der Waals surface area contributed by atoms with Crippen molar-refractivity contribution in [2.24, 2.45) is 0 Å². The minimum atomic E-state index is 0.960. The van der Waals surface area contributed by atoms with Crippen LogP contribution in [-0.4, -0.2) is 6.54 Å². The molecule has 0 amide bonds. The maximum Gasteiger partial charge on any atom is 0.0340 e. The van der Waals surface area contributed by atoms with Crippen molar-refractivity contribution in [1.29, 1.82) is 0 Å². The van der Waals surface area contributed by atoms with E-state index in [1.807, 2.05) is 12.2 Å². The first-order chi connectivity index (χ1) is 6.36. The SMILES string of the molecule is C=CC=Cc1ccc(NCC)cc1. The Morgan fingerprint density at radius 3 is 2.54 bits per heavy atom. The number of anilines is 1. The van der Waals surface area contributed by atoms with Gasteiger partial charge in [-0.25, -0.2) is 0 Å². The van der Waals surface area contributed by atoms with Gasteiger partial charge in [0.25, 0.3) is 0 Å². The molecule has 0 aliphatic heterocycles. The zero-order chi connectivity index (χ0) is 9.52. The Balaban J connectivity index is 2.69. The predicted molar refractivity (Wildman–Crippen MR) is 59.8 cm³/mol. The summed E-state index contributed by atoms with van der Waals surface area (Å²) >= 11 is 0. The summed E-state index contributed by atoms with van der Waals surface area (Å²) in [6.07, 6.45) is 5.74. The van der Waals surface area contributed by atoms with E-state index in [0.29, 0.717) is 0 Å². The molecule has 1 heteroatoms. The lowest BCUT2D eigenvalue weighted by Gasteiger charge is -2.02. The molecule has 0 aliphatic carbocycles. The molecule has 1 rings (SSSR count). The van der Waals surface area contributed by atoms with Crippen LogP contribution in [0.1, 0.15) is 12.5 Å². The van der Waals surface area contributed by atoms with Crippen LogP contribution >= 0.6 is 0 Å². The third-order valence-electron chi connectivity index (χ3n) is 1.72. The van der Waals surface area contributed by atoms with Gasteiger partial charge in [-0.2, -0.15) is 0 Å². The van der Waals surface area contributed by atoms with Gasteiger partial charge in [0.2, 0.25) is 0 Å². The number of benzene rings is 1. The Bertz CT molecular complexity index is 282. The van der Waals surface area contributed by atoms with Crippen molar-refractivity contribution in [3.8, 4) is 0 Å². The summed E-state index contributed by atoms with van der Waals surface area (Å²) in [6, 6.07) is 8.31. The predicted octanol–water partition coefficient (Wildman–Crippen LogP) is 3.32. The summed E-state index contributed by atoms with van der Waals surface area (Å²) in [5, 5.41) is 3.25. The molecule has 0 spiro atoms. The number of rotatable bonds is 4. The molecule has 1 nitrogen and oxygen atoms in total. The highest BCUT2D eigenvalue weighted by Crippen LogP contribution is 2.10. The zero-order valence-corrected chi connectivity index (χ0v) is 7.96. The third-order valence-corrected chi connectivity index (χ3v) is 1.72. The monoisotopic (exact) mass is 173 g/mol. The average molecular weight is 173 g/mol. The molecule has 0 unspecified atom stereocenters. The first-order valence-electron chi connectivity index (χ1n) is 4.50. The summed E-state index contributed by atoms with van der Waals surface area (Å²) < 4.78 is 0. The van der Waals surface area contributed by atoms with E-state index in [1.54, 1.807) is 6.08 Å². The molecule has 1 N–H and O–H groups in total. The van der Waals surface area contributed by atoms with Crippen molar-refractivity contribution >= 4 is 11.8 Å². The molecule has 0 saturated carbocycles. The first-order valence-corrected chi connectivity index (χ1v) is 4.50. The van der Waals surface area contributed by atoms with Crippen LogP contribution in [0.25, 0.3) is 6.08 Å². The molecule has 0 atom stereocenters. The van der Waals surface area contributed by atoms with E-state index in [0.717, 1.165) is 6.54 Å². The van der Waals surface area contributed by atoms with E-state index in [-0.39, 0.29) is 0 Å². The van der Waals surface area contributed by atoms with Gasteiger partial charge in [0, 0.05) is 12.2 Å². The first kappa shape index (κ1) is 9.59. The lowest BCUT2D eigenvalue weighted by atomic mass is 10.2. The Labute approximate surface area is 79.8 Å². The van der Waals surface area contributed by atoms with Crippen molar-refractivity contribution in [2.75, 3.05) is 11.9 Å². The van der Waals surface area contributed by atoms with Crippen molar-refractivity contribution in [3.05, 3.63) is 48.6 Å². The molecule has 0 aromatic heterocycles.